The zero-order chi connectivity index (χ0) is 25.9. The number of nitrogens with zero attached hydrogens (tertiary/aromatic N) is 2. The van der Waals surface area contributed by atoms with Crippen LogP contribution in [0, 0.1) is 17.1 Å². The standard InChI is InChI=1S/C28H31FN6O2/c1-37-26-6-2-5-23(29)22(26)16-35-11-3-4-20(15-35)33-28(36)18-7-9-24(30)21(13-18)27(31)17-8-10-25-19(12-17)14-32-34-25/h2,5-10,12-14,20-21,24,31H,3-4,11,15-16,30H2,1H3,(H,32,34)(H,33,36). The van der Waals surface area contributed by atoms with E-state index in [2.05, 4.69) is 20.4 Å². The van der Waals surface area contributed by atoms with Crippen molar-refractivity contribution in [2.45, 2.75) is 31.5 Å². The number of benzene rings is 2. The van der Waals surface area contributed by atoms with E-state index in [0.717, 1.165) is 35.9 Å². The number of fused-ring (bicyclic) bond motifs is 1. The van der Waals surface area contributed by atoms with Gasteiger partial charge < -0.3 is 21.2 Å². The first kappa shape index (κ1) is 24.9. The zero-order valence-corrected chi connectivity index (χ0v) is 20.7. The number of methoxy groups -OCH3 is 1. The van der Waals surface area contributed by atoms with Crippen molar-refractivity contribution in [1.82, 2.24) is 20.4 Å². The van der Waals surface area contributed by atoms with Crippen molar-refractivity contribution in [2.24, 2.45) is 11.7 Å². The van der Waals surface area contributed by atoms with Crippen molar-refractivity contribution < 1.29 is 13.9 Å². The van der Waals surface area contributed by atoms with Crippen molar-refractivity contribution in [3.05, 3.63) is 83.3 Å². The fourth-order valence-electron chi connectivity index (χ4n) is 5.12. The van der Waals surface area contributed by atoms with Gasteiger partial charge in [0, 0.05) is 53.3 Å². The molecule has 3 unspecified atom stereocenters. The highest BCUT2D eigenvalue weighted by Crippen LogP contribution is 2.26. The third-order valence-electron chi connectivity index (χ3n) is 7.14. The van der Waals surface area contributed by atoms with Crippen LogP contribution in [-0.2, 0) is 11.3 Å². The molecule has 8 nitrogen and oxygen atoms in total. The van der Waals surface area contributed by atoms with Crippen LogP contribution in [0.3, 0.4) is 0 Å². The van der Waals surface area contributed by atoms with Gasteiger partial charge in [0.25, 0.3) is 5.91 Å². The number of amides is 1. The van der Waals surface area contributed by atoms with Crippen LogP contribution in [0.15, 0.2) is 66.4 Å². The molecule has 5 N–H and O–H groups in total. The fourth-order valence-corrected chi connectivity index (χ4v) is 5.12. The molecule has 1 aromatic heterocycles. The molecule has 0 bridgehead atoms. The number of piperidine rings is 1. The fraction of sp³-hybridized carbons (Fsp3) is 0.321. The van der Waals surface area contributed by atoms with E-state index in [9.17, 15) is 9.18 Å². The summed E-state index contributed by atoms with van der Waals surface area (Å²) in [5.41, 5.74) is 9.33. The van der Waals surface area contributed by atoms with Crippen molar-refractivity contribution in [1.29, 1.82) is 5.41 Å². The van der Waals surface area contributed by atoms with Crippen LogP contribution < -0.4 is 15.8 Å². The normalized spacial score (nSPS) is 22.0. The third-order valence-corrected chi connectivity index (χ3v) is 7.14. The Labute approximate surface area is 214 Å². The highest BCUT2D eigenvalue weighted by atomic mass is 19.1. The predicted molar refractivity (Wildman–Crippen MR) is 141 cm³/mol. The topological polar surface area (TPSA) is 120 Å². The lowest BCUT2D eigenvalue weighted by Gasteiger charge is -2.34. The average molecular weight is 503 g/mol. The second kappa shape index (κ2) is 10.7. The summed E-state index contributed by atoms with van der Waals surface area (Å²) in [4.78, 5) is 15.3. The second-order valence-corrected chi connectivity index (χ2v) is 9.64. The van der Waals surface area contributed by atoms with Gasteiger partial charge in [-0.25, -0.2) is 4.39 Å². The van der Waals surface area contributed by atoms with Gasteiger partial charge in [-0.2, -0.15) is 5.10 Å². The minimum absolute atomic E-state index is 0.0645. The molecule has 1 aliphatic heterocycles. The van der Waals surface area contributed by atoms with E-state index in [-0.39, 0.29) is 17.8 Å². The smallest absolute Gasteiger partial charge is 0.251 e. The van der Waals surface area contributed by atoms with E-state index in [0.29, 0.717) is 35.7 Å². The number of nitrogens with two attached hydrogens (primary N) is 1. The Morgan fingerprint density at radius 1 is 1.35 bits per heavy atom. The van der Waals surface area contributed by atoms with E-state index in [1.54, 1.807) is 36.6 Å². The molecular formula is C28H31FN6O2. The van der Waals surface area contributed by atoms with Crippen LogP contribution in [0.5, 0.6) is 5.75 Å². The first-order valence-electron chi connectivity index (χ1n) is 12.4. The molecule has 2 aliphatic rings. The molecule has 0 spiro atoms. The minimum atomic E-state index is -0.425. The lowest BCUT2D eigenvalue weighted by Crippen LogP contribution is -2.48. The summed E-state index contributed by atoms with van der Waals surface area (Å²) in [5, 5.41) is 19.8. The Morgan fingerprint density at radius 3 is 3.05 bits per heavy atom. The maximum atomic E-state index is 14.4. The van der Waals surface area contributed by atoms with Gasteiger partial charge >= 0.3 is 0 Å². The third kappa shape index (κ3) is 5.33. The number of halogens is 1. The summed E-state index contributed by atoms with van der Waals surface area (Å²) in [7, 11) is 1.54. The summed E-state index contributed by atoms with van der Waals surface area (Å²) >= 11 is 0. The Morgan fingerprint density at radius 2 is 2.22 bits per heavy atom. The molecule has 192 valence electrons. The summed E-state index contributed by atoms with van der Waals surface area (Å²) in [6.45, 7) is 1.85. The van der Waals surface area contributed by atoms with Gasteiger partial charge in [0.05, 0.1) is 18.8 Å². The van der Waals surface area contributed by atoms with Gasteiger partial charge in [-0.3, -0.25) is 14.8 Å². The molecule has 0 saturated carbocycles. The van der Waals surface area contributed by atoms with Crippen LogP contribution in [-0.4, -0.2) is 59.0 Å². The van der Waals surface area contributed by atoms with E-state index in [4.69, 9.17) is 15.9 Å². The molecule has 3 aromatic rings. The van der Waals surface area contributed by atoms with E-state index in [1.165, 1.54) is 13.2 Å². The molecule has 0 radical (unpaired) electrons. The number of hydrogen-bond donors (Lipinski definition) is 4. The number of ether oxygens (including phenoxy) is 1. The first-order valence-corrected chi connectivity index (χ1v) is 12.4. The quantitative estimate of drug-likeness (QED) is 0.370. The summed E-state index contributed by atoms with van der Waals surface area (Å²) < 4.78 is 19.8. The Kier molecular flexibility index (Phi) is 7.16. The van der Waals surface area contributed by atoms with Crippen molar-refractivity contribution in [2.75, 3.05) is 20.2 Å². The monoisotopic (exact) mass is 502 g/mol. The number of carbonyl (C=O) groups excluding carboxylic acids is 1. The van der Waals surface area contributed by atoms with Crippen LogP contribution in [0.2, 0.25) is 0 Å². The average Bonchev–Trinajstić information content (AvgIpc) is 3.38. The summed E-state index contributed by atoms with van der Waals surface area (Å²) in [5.74, 6) is -0.381. The molecule has 5 rings (SSSR count). The molecule has 2 aromatic carbocycles. The predicted octanol–water partition coefficient (Wildman–Crippen LogP) is 3.30. The van der Waals surface area contributed by atoms with Gasteiger partial charge in [0.2, 0.25) is 0 Å². The molecule has 1 saturated heterocycles. The van der Waals surface area contributed by atoms with E-state index < -0.39 is 12.0 Å². The lowest BCUT2D eigenvalue weighted by molar-refractivity contribution is -0.118. The molecule has 2 heterocycles. The summed E-state index contributed by atoms with van der Waals surface area (Å²) in [6.07, 6.45) is 8.75. The van der Waals surface area contributed by atoms with Crippen molar-refractivity contribution in [3.63, 3.8) is 0 Å². The maximum absolute atomic E-state index is 14.4. The number of hydrogen-bond acceptors (Lipinski definition) is 6. The largest absolute Gasteiger partial charge is 0.496 e. The molecule has 3 atom stereocenters. The van der Waals surface area contributed by atoms with Gasteiger partial charge in [-0.1, -0.05) is 30.4 Å². The number of likely N-dealkylation sites (tertiary alicyclic amines) is 1. The Balaban J connectivity index is 1.25. The second-order valence-electron chi connectivity index (χ2n) is 9.64. The van der Waals surface area contributed by atoms with Crippen LogP contribution in [0.25, 0.3) is 10.9 Å². The van der Waals surface area contributed by atoms with Crippen LogP contribution in [0.4, 0.5) is 4.39 Å². The number of H-pyrrole nitrogens is 1. The van der Waals surface area contributed by atoms with Crippen LogP contribution in [0.1, 0.15) is 24.0 Å². The molecule has 1 amide bonds. The minimum Gasteiger partial charge on any atom is -0.496 e. The number of nitrogens with one attached hydrogen (secondary N) is 3. The molecule has 1 aliphatic carbocycles. The molecule has 9 heteroatoms. The number of aromatic amines is 1. The van der Waals surface area contributed by atoms with E-state index >= 15 is 0 Å². The lowest BCUT2D eigenvalue weighted by atomic mass is 9.84. The molecular weight excluding hydrogens is 471 g/mol. The van der Waals surface area contributed by atoms with E-state index in [1.807, 2.05) is 18.2 Å². The maximum Gasteiger partial charge on any atom is 0.251 e. The Hall–Kier alpha value is -3.82. The van der Waals surface area contributed by atoms with Gasteiger partial charge in [-0.15, -0.1) is 0 Å². The molecule has 37 heavy (non-hydrogen) atoms. The van der Waals surface area contributed by atoms with Gasteiger partial charge in [0.1, 0.15) is 11.6 Å². The Bertz CT molecular complexity index is 1380. The zero-order valence-electron chi connectivity index (χ0n) is 20.7. The number of aromatic nitrogens is 2. The van der Waals surface area contributed by atoms with Crippen molar-refractivity contribution in [3.8, 4) is 5.75 Å². The van der Waals surface area contributed by atoms with Crippen molar-refractivity contribution >= 4 is 22.5 Å². The van der Waals surface area contributed by atoms with Gasteiger partial charge in [0.15, 0.2) is 0 Å². The number of rotatable bonds is 7. The van der Waals surface area contributed by atoms with Crippen LogP contribution >= 0.6 is 0 Å². The summed E-state index contributed by atoms with van der Waals surface area (Å²) in [6, 6.07) is 10.0. The highest BCUT2D eigenvalue weighted by Gasteiger charge is 2.28. The first-order chi connectivity index (χ1) is 17.9. The highest BCUT2D eigenvalue weighted by molar-refractivity contribution is 6.06. The van der Waals surface area contributed by atoms with Gasteiger partial charge in [-0.05, 0) is 49.2 Å². The SMILES string of the molecule is COc1cccc(F)c1CN1CCCC(NC(=O)C2=CC(C(=N)c3ccc4[nH]ncc4c3)C(N)C=C2)C1. The number of carbonyl (C=O) groups is 1. The molecule has 1 fully saturated rings.